The van der Waals surface area contributed by atoms with E-state index in [2.05, 4.69) is 51.7 Å². The minimum Gasteiger partial charge on any atom is -0.368 e. The molecule has 5 heteroatoms. The van der Waals surface area contributed by atoms with Gasteiger partial charge in [0.15, 0.2) is 0 Å². The van der Waals surface area contributed by atoms with Gasteiger partial charge in [0.1, 0.15) is 12.1 Å². The minimum atomic E-state index is 0.126. The molecule has 1 aromatic rings. The maximum atomic E-state index is 6.11. The van der Waals surface area contributed by atoms with Gasteiger partial charge in [-0.2, -0.15) is 0 Å². The molecule has 3 nitrogen and oxygen atoms in total. The topological polar surface area (TPSA) is 37.8 Å². The summed E-state index contributed by atoms with van der Waals surface area (Å²) in [7, 11) is 0. The molecule has 1 aromatic heterocycles. The van der Waals surface area contributed by atoms with Gasteiger partial charge in [-0.1, -0.05) is 13.8 Å². The number of hydrogen-bond donors (Lipinski definition) is 1. The Morgan fingerprint density at radius 1 is 1.57 bits per heavy atom. The van der Waals surface area contributed by atoms with Crippen LogP contribution >= 0.6 is 34.2 Å². The highest BCUT2D eigenvalue weighted by Crippen LogP contribution is 2.15. The summed E-state index contributed by atoms with van der Waals surface area (Å²) < 4.78 is 1.01. The lowest BCUT2D eigenvalue weighted by molar-refractivity contribution is 0.615. The van der Waals surface area contributed by atoms with Crippen molar-refractivity contribution in [3.8, 4) is 0 Å². The number of halogens is 2. The van der Waals surface area contributed by atoms with Crippen LogP contribution < -0.4 is 5.32 Å². The molecule has 14 heavy (non-hydrogen) atoms. The quantitative estimate of drug-likeness (QED) is 0.683. The second-order valence-corrected chi connectivity index (χ2v) is 5.08. The third kappa shape index (κ3) is 3.57. The van der Waals surface area contributed by atoms with Gasteiger partial charge in [0.05, 0.1) is 8.95 Å². The molecule has 1 rings (SSSR count). The molecule has 0 bridgehead atoms. The van der Waals surface area contributed by atoms with Gasteiger partial charge in [0.2, 0.25) is 0 Å². The van der Waals surface area contributed by atoms with Crippen LogP contribution in [-0.4, -0.2) is 21.9 Å². The van der Waals surface area contributed by atoms with E-state index in [4.69, 9.17) is 11.6 Å². The standard InChI is InChI=1S/C9H13ClIN3/c1-6(2)7(10)3-13-9-8(11)4-12-5-14-9/h4-7H,3H2,1-2H3,(H,12,13,14). The number of rotatable bonds is 4. The average molecular weight is 326 g/mol. The SMILES string of the molecule is CC(C)C(Cl)CNc1ncncc1I. The number of anilines is 1. The molecule has 0 fully saturated rings. The van der Waals surface area contributed by atoms with E-state index < -0.39 is 0 Å². The summed E-state index contributed by atoms with van der Waals surface area (Å²) in [6, 6.07) is 0. The molecule has 0 aliphatic carbocycles. The van der Waals surface area contributed by atoms with Crippen LogP contribution in [0.1, 0.15) is 13.8 Å². The van der Waals surface area contributed by atoms with Crippen molar-refractivity contribution in [2.45, 2.75) is 19.2 Å². The van der Waals surface area contributed by atoms with Crippen molar-refractivity contribution >= 4 is 40.0 Å². The van der Waals surface area contributed by atoms with E-state index in [1.54, 1.807) is 6.20 Å². The molecule has 0 aliphatic rings. The second-order valence-electron chi connectivity index (χ2n) is 3.36. The van der Waals surface area contributed by atoms with Crippen LogP contribution in [0, 0.1) is 9.49 Å². The van der Waals surface area contributed by atoms with Gasteiger partial charge in [0.25, 0.3) is 0 Å². The highest BCUT2D eigenvalue weighted by atomic mass is 127. The fourth-order valence-corrected chi connectivity index (χ4v) is 1.44. The van der Waals surface area contributed by atoms with Gasteiger partial charge < -0.3 is 5.32 Å². The maximum absolute atomic E-state index is 6.11. The lowest BCUT2D eigenvalue weighted by Gasteiger charge is -2.14. The Bertz CT molecular complexity index is 293. The molecule has 1 heterocycles. The zero-order valence-corrected chi connectivity index (χ0v) is 11.1. The minimum absolute atomic E-state index is 0.126. The largest absolute Gasteiger partial charge is 0.368 e. The predicted molar refractivity (Wildman–Crippen MR) is 67.7 cm³/mol. The number of nitrogens with one attached hydrogen (secondary N) is 1. The highest BCUT2D eigenvalue weighted by Gasteiger charge is 2.09. The summed E-state index contributed by atoms with van der Waals surface area (Å²) in [6.07, 6.45) is 3.30. The van der Waals surface area contributed by atoms with Crippen molar-refractivity contribution in [2.24, 2.45) is 5.92 Å². The normalized spacial score (nSPS) is 12.9. The van der Waals surface area contributed by atoms with Crippen LogP contribution in [0.25, 0.3) is 0 Å². The molecule has 0 aromatic carbocycles. The van der Waals surface area contributed by atoms with E-state index in [-0.39, 0.29) is 5.38 Å². The second kappa shape index (κ2) is 5.70. The molecule has 0 aliphatic heterocycles. The third-order valence-corrected chi connectivity index (χ3v) is 3.30. The predicted octanol–water partition coefficient (Wildman–Crippen LogP) is 2.76. The van der Waals surface area contributed by atoms with E-state index in [1.165, 1.54) is 6.33 Å². The lowest BCUT2D eigenvalue weighted by atomic mass is 10.1. The molecule has 0 spiro atoms. The zero-order valence-electron chi connectivity index (χ0n) is 8.17. The number of aromatic nitrogens is 2. The fourth-order valence-electron chi connectivity index (χ4n) is 0.873. The van der Waals surface area contributed by atoms with Crippen LogP contribution in [0.2, 0.25) is 0 Å². The third-order valence-electron chi connectivity index (χ3n) is 1.86. The first kappa shape index (κ1) is 12.0. The van der Waals surface area contributed by atoms with Crippen LogP contribution in [0.3, 0.4) is 0 Å². The Hall–Kier alpha value is -0.100. The Labute approximate surface area is 103 Å². The molecule has 78 valence electrons. The number of hydrogen-bond acceptors (Lipinski definition) is 3. The van der Waals surface area contributed by atoms with Crippen LogP contribution in [0.15, 0.2) is 12.5 Å². The van der Waals surface area contributed by atoms with Crippen LogP contribution in [-0.2, 0) is 0 Å². The molecular weight excluding hydrogens is 312 g/mol. The van der Waals surface area contributed by atoms with Crippen molar-refractivity contribution in [2.75, 3.05) is 11.9 Å². The molecule has 1 unspecified atom stereocenters. The van der Waals surface area contributed by atoms with Crippen molar-refractivity contribution < 1.29 is 0 Å². The fraction of sp³-hybridized carbons (Fsp3) is 0.556. The first-order valence-electron chi connectivity index (χ1n) is 4.44. The first-order valence-corrected chi connectivity index (χ1v) is 5.96. The molecule has 1 atom stereocenters. The van der Waals surface area contributed by atoms with Gasteiger partial charge in [-0.3, -0.25) is 0 Å². The Morgan fingerprint density at radius 3 is 2.86 bits per heavy atom. The van der Waals surface area contributed by atoms with Crippen molar-refractivity contribution in [3.05, 3.63) is 16.1 Å². The van der Waals surface area contributed by atoms with Gasteiger partial charge in [-0.15, -0.1) is 11.6 Å². The number of alkyl halides is 1. The van der Waals surface area contributed by atoms with E-state index in [9.17, 15) is 0 Å². The summed E-state index contributed by atoms with van der Waals surface area (Å²) in [5, 5.41) is 3.33. The van der Waals surface area contributed by atoms with Gasteiger partial charge in [-0.25, -0.2) is 9.97 Å². The lowest BCUT2D eigenvalue weighted by Crippen LogP contribution is -2.20. The maximum Gasteiger partial charge on any atom is 0.142 e. The molecule has 0 radical (unpaired) electrons. The van der Waals surface area contributed by atoms with E-state index in [1.807, 2.05) is 0 Å². The van der Waals surface area contributed by atoms with Gasteiger partial charge in [0, 0.05) is 12.7 Å². The average Bonchev–Trinajstić information content (AvgIpc) is 2.16. The molecule has 0 saturated carbocycles. The van der Waals surface area contributed by atoms with Gasteiger partial charge in [-0.05, 0) is 28.5 Å². The number of nitrogens with zero attached hydrogens (tertiary/aromatic N) is 2. The molecule has 1 N–H and O–H groups in total. The van der Waals surface area contributed by atoms with Crippen molar-refractivity contribution in [1.82, 2.24) is 9.97 Å². The van der Waals surface area contributed by atoms with Crippen molar-refractivity contribution in [1.29, 1.82) is 0 Å². The smallest absolute Gasteiger partial charge is 0.142 e. The van der Waals surface area contributed by atoms with Crippen molar-refractivity contribution in [3.63, 3.8) is 0 Å². The monoisotopic (exact) mass is 325 g/mol. The summed E-state index contributed by atoms with van der Waals surface area (Å²) in [6.45, 7) is 4.93. The molecule has 0 amide bonds. The summed E-state index contributed by atoms with van der Waals surface area (Å²) in [5.74, 6) is 1.32. The zero-order chi connectivity index (χ0) is 10.6. The van der Waals surface area contributed by atoms with Gasteiger partial charge >= 0.3 is 0 Å². The Balaban J connectivity index is 2.50. The summed E-state index contributed by atoms with van der Waals surface area (Å²) in [5.41, 5.74) is 0. The van der Waals surface area contributed by atoms with Crippen LogP contribution in [0.4, 0.5) is 5.82 Å². The van der Waals surface area contributed by atoms with E-state index in [0.717, 1.165) is 15.9 Å². The van der Waals surface area contributed by atoms with Crippen LogP contribution in [0.5, 0.6) is 0 Å². The summed E-state index contributed by atoms with van der Waals surface area (Å²) in [4.78, 5) is 8.04. The Morgan fingerprint density at radius 2 is 2.29 bits per heavy atom. The van der Waals surface area contributed by atoms with E-state index >= 15 is 0 Å². The van der Waals surface area contributed by atoms with E-state index in [0.29, 0.717) is 5.92 Å². The summed E-state index contributed by atoms with van der Waals surface area (Å²) >= 11 is 8.30. The molecular formula is C9H13ClIN3. The highest BCUT2D eigenvalue weighted by molar-refractivity contribution is 14.1. The molecule has 0 saturated heterocycles. The first-order chi connectivity index (χ1) is 6.61. The Kier molecular flexibility index (Phi) is 4.88.